The molecule has 1 amide bonds. The normalized spacial score (nSPS) is 17.8. The second kappa shape index (κ2) is 7.75. The summed E-state index contributed by atoms with van der Waals surface area (Å²) in [4.78, 5) is 19.1. The van der Waals surface area contributed by atoms with Gasteiger partial charge in [0.2, 0.25) is 5.91 Å². The highest BCUT2D eigenvalue weighted by Crippen LogP contribution is 2.33. The molecule has 128 valence electrons. The third-order valence-corrected chi connectivity index (χ3v) is 5.22. The van der Waals surface area contributed by atoms with Crippen LogP contribution in [0.5, 0.6) is 5.75 Å². The van der Waals surface area contributed by atoms with Gasteiger partial charge in [0.25, 0.3) is 0 Å². The van der Waals surface area contributed by atoms with Crippen LogP contribution < -0.4 is 4.74 Å². The minimum absolute atomic E-state index is 0.0453. The number of likely N-dealkylation sites (tertiary alicyclic amines) is 1. The van der Waals surface area contributed by atoms with Crippen LogP contribution in [0.25, 0.3) is 0 Å². The van der Waals surface area contributed by atoms with Crippen LogP contribution >= 0.6 is 11.3 Å². The van der Waals surface area contributed by atoms with Crippen LogP contribution in [-0.4, -0.2) is 28.9 Å². The summed E-state index contributed by atoms with van der Waals surface area (Å²) in [5.41, 5.74) is 0.996. The van der Waals surface area contributed by atoms with Crippen molar-refractivity contribution in [1.82, 2.24) is 9.88 Å². The molecule has 0 saturated carbocycles. The molecule has 1 aliphatic heterocycles. The highest BCUT2D eigenvalue weighted by Gasteiger charge is 2.29. The molecule has 1 aliphatic rings. The average molecular weight is 348 g/mol. The average Bonchev–Trinajstić information content (AvgIpc) is 3.03. The van der Waals surface area contributed by atoms with E-state index in [-0.39, 0.29) is 30.7 Å². The molecular formula is C18H21FN2O2S. The van der Waals surface area contributed by atoms with Crippen molar-refractivity contribution < 1.29 is 13.9 Å². The summed E-state index contributed by atoms with van der Waals surface area (Å²) in [7, 11) is 0. The van der Waals surface area contributed by atoms with E-state index >= 15 is 0 Å². The van der Waals surface area contributed by atoms with E-state index in [9.17, 15) is 9.18 Å². The topological polar surface area (TPSA) is 42.4 Å². The molecule has 3 rings (SSSR count). The number of carbonyl (C=O) groups excluding carboxylic acids is 1. The van der Waals surface area contributed by atoms with Gasteiger partial charge in [-0.25, -0.2) is 9.37 Å². The second-order valence-corrected chi connectivity index (χ2v) is 6.84. The Bertz CT molecular complexity index is 704. The maximum absolute atomic E-state index is 13.5. The number of hydrogen-bond donors (Lipinski definition) is 0. The summed E-state index contributed by atoms with van der Waals surface area (Å²) < 4.78 is 18.9. The van der Waals surface area contributed by atoms with E-state index in [2.05, 4.69) is 4.98 Å². The van der Waals surface area contributed by atoms with Crippen LogP contribution in [0.3, 0.4) is 0 Å². The van der Waals surface area contributed by atoms with Gasteiger partial charge in [-0.1, -0.05) is 12.1 Å². The van der Waals surface area contributed by atoms with Gasteiger partial charge in [-0.2, -0.15) is 0 Å². The van der Waals surface area contributed by atoms with Crippen LogP contribution in [0.2, 0.25) is 0 Å². The van der Waals surface area contributed by atoms with Crippen molar-refractivity contribution in [2.45, 2.75) is 38.6 Å². The number of nitrogens with zero attached hydrogens (tertiary/aromatic N) is 2. The first-order chi connectivity index (χ1) is 11.6. The Morgan fingerprint density at radius 2 is 2.25 bits per heavy atom. The molecule has 1 atom stereocenters. The molecule has 0 radical (unpaired) electrons. The maximum atomic E-state index is 13.5. The number of amides is 1. The molecule has 4 nitrogen and oxygen atoms in total. The lowest BCUT2D eigenvalue weighted by molar-refractivity contribution is -0.135. The molecule has 0 spiro atoms. The number of thiazole rings is 1. The fourth-order valence-corrected chi connectivity index (χ4v) is 3.91. The van der Waals surface area contributed by atoms with Gasteiger partial charge in [0.15, 0.2) is 11.6 Å². The Kier molecular flexibility index (Phi) is 5.45. The Labute approximate surface area is 145 Å². The number of aryl methyl sites for hydroxylation is 1. The van der Waals surface area contributed by atoms with Crippen molar-refractivity contribution in [2.24, 2.45) is 0 Å². The van der Waals surface area contributed by atoms with Crippen LogP contribution in [0.1, 0.15) is 42.4 Å². The third kappa shape index (κ3) is 3.93. The largest absolute Gasteiger partial charge is 0.490 e. The molecule has 24 heavy (non-hydrogen) atoms. The number of para-hydroxylation sites is 1. The van der Waals surface area contributed by atoms with Gasteiger partial charge in [0, 0.05) is 17.6 Å². The summed E-state index contributed by atoms with van der Waals surface area (Å²) in [5.74, 6) is -0.168. The quantitative estimate of drug-likeness (QED) is 0.816. The van der Waals surface area contributed by atoms with Gasteiger partial charge < -0.3 is 9.64 Å². The Morgan fingerprint density at radius 1 is 1.42 bits per heavy atom. The second-order valence-electron chi connectivity index (χ2n) is 5.95. The molecule has 2 aromatic rings. The molecule has 1 unspecified atom stereocenters. The molecule has 0 aliphatic carbocycles. The fraction of sp³-hybridized carbons (Fsp3) is 0.444. The molecule has 6 heteroatoms. The third-order valence-electron chi connectivity index (χ3n) is 4.16. The molecule has 1 fully saturated rings. The first kappa shape index (κ1) is 16.9. The summed E-state index contributed by atoms with van der Waals surface area (Å²) in [5, 5.41) is 3.03. The zero-order valence-electron chi connectivity index (χ0n) is 13.7. The monoisotopic (exact) mass is 348 g/mol. The van der Waals surface area contributed by atoms with Crippen LogP contribution in [0, 0.1) is 12.7 Å². The number of halogens is 1. The van der Waals surface area contributed by atoms with Gasteiger partial charge in [0.05, 0.1) is 19.1 Å². The molecule has 1 aromatic heterocycles. The maximum Gasteiger partial charge on any atom is 0.226 e. The number of ether oxygens (including phenoxy) is 1. The van der Waals surface area contributed by atoms with E-state index in [1.807, 2.05) is 17.2 Å². The molecule has 0 N–H and O–H groups in total. The fourth-order valence-electron chi connectivity index (χ4n) is 2.97. The lowest BCUT2D eigenvalue weighted by atomic mass is 10.0. The van der Waals surface area contributed by atoms with Gasteiger partial charge >= 0.3 is 0 Å². The minimum Gasteiger partial charge on any atom is -0.490 e. The smallest absolute Gasteiger partial charge is 0.226 e. The molecule has 1 aromatic carbocycles. The van der Waals surface area contributed by atoms with E-state index in [1.54, 1.807) is 29.5 Å². The van der Waals surface area contributed by atoms with Crippen molar-refractivity contribution >= 4 is 17.2 Å². The van der Waals surface area contributed by atoms with Gasteiger partial charge in [-0.3, -0.25) is 4.79 Å². The van der Waals surface area contributed by atoms with Crippen LogP contribution in [0.4, 0.5) is 4.39 Å². The predicted molar refractivity (Wildman–Crippen MR) is 91.7 cm³/mol. The zero-order valence-corrected chi connectivity index (χ0v) is 14.5. The predicted octanol–water partition coefficient (Wildman–Crippen LogP) is 4.11. The highest BCUT2D eigenvalue weighted by molar-refractivity contribution is 7.09. The standard InChI is InChI=1S/C18H21FN2O2S/c1-13-12-24-18(20-13)15-7-4-5-10-21(15)17(22)9-11-23-16-8-3-2-6-14(16)19/h2-3,6,8,12,15H,4-5,7,9-11H2,1H3. The minimum atomic E-state index is -0.404. The number of benzene rings is 1. The summed E-state index contributed by atoms with van der Waals surface area (Å²) in [6.45, 7) is 2.90. The van der Waals surface area contributed by atoms with Crippen molar-refractivity contribution in [3.8, 4) is 5.75 Å². The Morgan fingerprint density at radius 3 is 3.00 bits per heavy atom. The van der Waals surface area contributed by atoms with Gasteiger partial charge in [0.1, 0.15) is 5.01 Å². The molecule has 0 bridgehead atoms. The number of rotatable bonds is 5. The van der Waals surface area contributed by atoms with E-state index in [4.69, 9.17) is 4.74 Å². The lowest BCUT2D eigenvalue weighted by Crippen LogP contribution is -2.39. The van der Waals surface area contributed by atoms with Gasteiger partial charge in [-0.05, 0) is 38.3 Å². The number of piperidine rings is 1. The van der Waals surface area contributed by atoms with Crippen LogP contribution in [0.15, 0.2) is 29.6 Å². The lowest BCUT2D eigenvalue weighted by Gasteiger charge is -2.34. The van der Waals surface area contributed by atoms with Crippen LogP contribution in [-0.2, 0) is 4.79 Å². The first-order valence-electron chi connectivity index (χ1n) is 8.24. The molecule has 2 heterocycles. The van der Waals surface area contributed by atoms with Crippen molar-refractivity contribution in [1.29, 1.82) is 0 Å². The number of aromatic nitrogens is 1. The molecular weight excluding hydrogens is 327 g/mol. The van der Waals surface area contributed by atoms with E-state index in [0.29, 0.717) is 0 Å². The number of carbonyl (C=O) groups is 1. The van der Waals surface area contributed by atoms with E-state index < -0.39 is 5.82 Å². The van der Waals surface area contributed by atoms with Gasteiger partial charge in [-0.15, -0.1) is 11.3 Å². The van der Waals surface area contributed by atoms with Crippen molar-refractivity contribution in [2.75, 3.05) is 13.2 Å². The summed E-state index contributed by atoms with van der Waals surface area (Å²) in [6.07, 6.45) is 3.32. The summed E-state index contributed by atoms with van der Waals surface area (Å²) in [6, 6.07) is 6.32. The van der Waals surface area contributed by atoms with E-state index in [0.717, 1.165) is 36.5 Å². The Balaban J connectivity index is 1.59. The van der Waals surface area contributed by atoms with E-state index in [1.165, 1.54) is 6.07 Å². The number of hydrogen-bond acceptors (Lipinski definition) is 4. The summed E-state index contributed by atoms with van der Waals surface area (Å²) >= 11 is 1.61. The highest BCUT2D eigenvalue weighted by atomic mass is 32.1. The van der Waals surface area contributed by atoms with Crippen molar-refractivity contribution in [3.05, 3.63) is 46.2 Å². The Hall–Kier alpha value is -1.95. The zero-order chi connectivity index (χ0) is 16.9. The SMILES string of the molecule is Cc1csc(C2CCCCN2C(=O)CCOc2ccccc2F)n1. The van der Waals surface area contributed by atoms with Crippen molar-refractivity contribution in [3.63, 3.8) is 0 Å². The molecule has 1 saturated heterocycles. The first-order valence-corrected chi connectivity index (χ1v) is 9.12.